The Bertz CT molecular complexity index is 820. The molecule has 2 aromatic carbocycles. The van der Waals surface area contributed by atoms with Crippen molar-refractivity contribution in [2.24, 2.45) is 0 Å². The zero-order chi connectivity index (χ0) is 18.2. The number of anilines is 2. The molecule has 1 heterocycles. The number of alkyl halides is 3. The molecule has 1 unspecified atom stereocenters. The van der Waals surface area contributed by atoms with Crippen molar-refractivity contribution in [3.63, 3.8) is 0 Å². The van der Waals surface area contributed by atoms with Gasteiger partial charge in [-0.1, -0.05) is 68.9 Å². The van der Waals surface area contributed by atoms with Crippen LogP contribution in [0.2, 0.25) is 0 Å². The average Bonchev–Trinajstić information content (AvgIpc) is 2.58. The van der Waals surface area contributed by atoms with E-state index < -0.39 is 9.83 Å². The minimum atomic E-state index is -1.55. The normalized spacial score (nSPS) is 17.0. The first-order chi connectivity index (χ1) is 11.9. The van der Waals surface area contributed by atoms with Gasteiger partial charge in [0.05, 0.1) is 14.2 Å². The van der Waals surface area contributed by atoms with Gasteiger partial charge in [-0.25, -0.2) is 0 Å². The van der Waals surface area contributed by atoms with Crippen molar-refractivity contribution in [3.8, 4) is 11.5 Å². The number of rotatable bonds is 3. The first-order valence-electron chi connectivity index (χ1n) is 7.41. The molecule has 0 spiro atoms. The molecule has 0 aromatic heterocycles. The lowest BCUT2D eigenvalue weighted by atomic mass is 10.0. The third kappa shape index (κ3) is 3.59. The van der Waals surface area contributed by atoms with Crippen molar-refractivity contribution >= 4 is 68.2 Å². The number of nitrogens with zero attached hydrogens (tertiary/aromatic N) is 1. The van der Waals surface area contributed by atoms with Gasteiger partial charge < -0.3 is 14.4 Å². The van der Waals surface area contributed by atoms with E-state index in [0.717, 1.165) is 21.4 Å². The minimum Gasteiger partial charge on any atom is -0.493 e. The summed E-state index contributed by atoms with van der Waals surface area (Å²) in [6.07, 6.45) is 1.97. The molecule has 3 nitrogen and oxygen atoms in total. The van der Waals surface area contributed by atoms with Crippen LogP contribution in [0.15, 0.2) is 46.9 Å². The Balaban J connectivity index is 2.21. The smallest absolute Gasteiger partial charge is 0.215 e. The number of hydrogen-bond acceptors (Lipinski definition) is 3. The number of fused-ring (bicyclic) bond motifs is 1. The van der Waals surface area contributed by atoms with E-state index in [1.54, 1.807) is 14.2 Å². The molecule has 132 valence electrons. The fraction of sp³-hybridized carbons (Fsp3) is 0.222. The van der Waals surface area contributed by atoms with Crippen LogP contribution in [0, 0.1) is 0 Å². The molecular formula is C18H15BrCl3NO2. The standard InChI is InChI=1S/C18H15BrCl3NO2/c1-24-15-8-7-12(10-16(15)25-2)23-14-6-4-3-5-11(14)9-13(19)17(23)18(20,21)22/h3-10,17H,1-2H3. The summed E-state index contributed by atoms with van der Waals surface area (Å²) in [7, 11) is 3.19. The quantitative estimate of drug-likeness (QED) is 0.497. The number of halogens is 4. The molecule has 0 radical (unpaired) electrons. The Morgan fingerprint density at radius 3 is 2.32 bits per heavy atom. The summed E-state index contributed by atoms with van der Waals surface area (Å²) >= 11 is 22.5. The molecule has 0 amide bonds. The molecule has 1 aliphatic rings. The van der Waals surface area contributed by atoms with Crippen molar-refractivity contribution in [2.45, 2.75) is 9.83 Å². The van der Waals surface area contributed by atoms with E-state index >= 15 is 0 Å². The predicted octanol–water partition coefficient (Wildman–Crippen LogP) is 6.33. The van der Waals surface area contributed by atoms with Gasteiger partial charge in [0.1, 0.15) is 6.04 Å². The van der Waals surface area contributed by atoms with Crippen LogP contribution in [0.4, 0.5) is 11.4 Å². The molecule has 7 heteroatoms. The van der Waals surface area contributed by atoms with E-state index in [0.29, 0.717) is 11.5 Å². The van der Waals surface area contributed by atoms with E-state index in [4.69, 9.17) is 44.3 Å². The van der Waals surface area contributed by atoms with Crippen LogP contribution in [-0.4, -0.2) is 24.1 Å². The molecule has 2 aromatic rings. The van der Waals surface area contributed by atoms with E-state index in [2.05, 4.69) is 15.9 Å². The Kier molecular flexibility index (Phi) is 5.45. The van der Waals surface area contributed by atoms with Crippen LogP contribution in [0.1, 0.15) is 5.56 Å². The summed E-state index contributed by atoms with van der Waals surface area (Å²) < 4.78 is 9.98. The largest absolute Gasteiger partial charge is 0.493 e. The molecule has 0 fully saturated rings. The highest BCUT2D eigenvalue weighted by Crippen LogP contribution is 2.49. The van der Waals surface area contributed by atoms with Crippen molar-refractivity contribution in [1.82, 2.24) is 0 Å². The fourth-order valence-corrected chi connectivity index (χ4v) is 4.72. The van der Waals surface area contributed by atoms with Gasteiger partial charge in [0.2, 0.25) is 3.79 Å². The summed E-state index contributed by atoms with van der Waals surface area (Å²) in [6, 6.07) is 13.0. The van der Waals surface area contributed by atoms with Crippen LogP contribution in [0.3, 0.4) is 0 Å². The molecular weight excluding hydrogens is 448 g/mol. The number of para-hydroxylation sites is 1. The van der Waals surface area contributed by atoms with Crippen LogP contribution in [0.5, 0.6) is 11.5 Å². The first kappa shape index (κ1) is 18.7. The predicted molar refractivity (Wildman–Crippen MR) is 109 cm³/mol. The second-order valence-corrected chi connectivity index (χ2v) is 8.73. The van der Waals surface area contributed by atoms with E-state index in [1.807, 2.05) is 53.4 Å². The van der Waals surface area contributed by atoms with E-state index in [1.165, 1.54) is 0 Å². The molecule has 0 bridgehead atoms. The first-order valence-corrected chi connectivity index (χ1v) is 9.33. The fourth-order valence-electron chi connectivity index (χ4n) is 2.88. The molecule has 0 aliphatic carbocycles. The molecule has 0 N–H and O–H groups in total. The van der Waals surface area contributed by atoms with Crippen LogP contribution in [0.25, 0.3) is 6.08 Å². The van der Waals surface area contributed by atoms with Crippen LogP contribution >= 0.6 is 50.7 Å². The molecule has 0 saturated heterocycles. The van der Waals surface area contributed by atoms with E-state index in [9.17, 15) is 0 Å². The Morgan fingerprint density at radius 2 is 1.68 bits per heavy atom. The summed E-state index contributed by atoms with van der Waals surface area (Å²) in [5.41, 5.74) is 2.79. The summed E-state index contributed by atoms with van der Waals surface area (Å²) in [6.45, 7) is 0. The number of hydrogen-bond donors (Lipinski definition) is 0. The molecule has 1 aliphatic heterocycles. The Morgan fingerprint density at radius 1 is 1.00 bits per heavy atom. The summed E-state index contributed by atoms with van der Waals surface area (Å²) in [4.78, 5) is 1.98. The Hall–Kier alpha value is -1.07. The van der Waals surface area contributed by atoms with Gasteiger partial charge in [-0.05, 0) is 29.8 Å². The lowest BCUT2D eigenvalue weighted by Gasteiger charge is -2.41. The van der Waals surface area contributed by atoms with E-state index in [-0.39, 0.29) is 0 Å². The monoisotopic (exact) mass is 461 g/mol. The summed E-state index contributed by atoms with van der Waals surface area (Å²) in [5, 5.41) is 0. The lowest BCUT2D eigenvalue weighted by molar-refractivity contribution is 0.355. The second-order valence-electron chi connectivity index (χ2n) is 5.44. The highest BCUT2D eigenvalue weighted by atomic mass is 79.9. The maximum Gasteiger partial charge on any atom is 0.215 e. The van der Waals surface area contributed by atoms with Gasteiger partial charge in [0, 0.05) is 21.9 Å². The molecule has 25 heavy (non-hydrogen) atoms. The van der Waals surface area contributed by atoms with Gasteiger partial charge in [-0.15, -0.1) is 0 Å². The van der Waals surface area contributed by atoms with Crippen molar-refractivity contribution < 1.29 is 9.47 Å². The van der Waals surface area contributed by atoms with Gasteiger partial charge >= 0.3 is 0 Å². The SMILES string of the molecule is COc1ccc(N2c3ccccc3C=C(Br)C2C(Cl)(Cl)Cl)cc1OC. The van der Waals surface area contributed by atoms with Crippen LogP contribution in [-0.2, 0) is 0 Å². The Labute approximate surface area is 170 Å². The van der Waals surface area contributed by atoms with Crippen molar-refractivity contribution in [2.75, 3.05) is 19.1 Å². The maximum absolute atomic E-state index is 6.31. The molecule has 1 atom stereocenters. The minimum absolute atomic E-state index is 0.523. The highest BCUT2D eigenvalue weighted by Gasteiger charge is 2.42. The topological polar surface area (TPSA) is 21.7 Å². The van der Waals surface area contributed by atoms with Crippen molar-refractivity contribution in [1.29, 1.82) is 0 Å². The van der Waals surface area contributed by atoms with Gasteiger partial charge in [0.25, 0.3) is 0 Å². The second kappa shape index (κ2) is 7.28. The van der Waals surface area contributed by atoms with Gasteiger partial charge in [-0.3, -0.25) is 0 Å². The number of methoxy groups -OCH3 is 2. The third-order valence-corrected chi connectivity index (χ3v) is 5.25. The molecule has 3 rings (SSSR count). The third-order valence-electron chi connectivity index (χ3n) is 3.96. The molecule has 0 saturated carbocycles. The van der Waals surface area contributed by atoms with Gasteiger partial charge in [-0.2, -0.15) is 0 Å². The zero-order valence-electron chi connectivity index (χ0n) is 13.5. The maximum atomic E-state index is 6.31. The number of ether oxygens (including phenoxy) is 2. The highest BCUT2D eigenvalue weighted by molar-refractivity contribution is 9.11. The lowest BCUT2D eigenvalue weighted by Crippen LogP contribution is -2.43. The van der Waals surface area contributed by atoms with Crippen LogP contribution < -0.4 is 14.4 Å². The zero-order valence-corrected chi connectivity index (χ0v) is 17.3. The summed E-state index contributed by atoms with van der Waals surface area (Å²) in [5.74, 6) is 1.24. The average molecular weight is 464 g/mol. The number of benzene rings is 2. The van der Waals surface area contributed by atoms with Crippen molar-refractivity contribution in [3.05, 3.63) is 52.5 Å². The van der Waals surface area contributed by atoms with Gasteiger partial charge in [0.15, 0.2) is 11.5 Å².